The molecule has 0 bridgehead atoms. The maximum absolute atomic E-state index is 15.1. The van der Waals surface area contributed by atoms with Crippen molar-refractivity contribution in [2.75, 3.05) is 18.5 Å². The van der Waals surface area contributed by atoms with E-state index in [0.717, 1.165) is 24.3 Å². The van der Waals surface area contributed by atoms with Crippen molar-refractivity contribution in [3.63, 3.8) is 0 Å². The summed E-state index contributed by atoms with van der Waals surface area (Å²) < 4.78 is 48.2. The predicted octanol–water partition coefficient (Wildman–Crippen LogP) is 3.90. The number of carbonyl (C=O) groups excluding carboxylic acids is 2. The molecule has 0 aliphatic carbocycles. The Hall–Kier alpha value is -4.31. The molecule has 0 saturated heterocycles. The van der Waals surface area contributed by atoms with Gasteiger partial charge in [0, 0.05) is 11.1 Å². The zero-order chi connectivity index (χ0) is 24.2. The lowest BCUT2D eigenvalue weighted by Gasteiger charge is -2.11. The Bertz CT molecular complexity index is 1410. The molecule has 0 spiro atoms. The van der Waals surface area contributed by atoms with Gasteiger partial charge in [-0.3, -0.25) is 9.59 Å². The van der Waals surface area contributed by atoms with Crippen LogP contribution >= 0.6 is 0 Å². The molecule has 4 rings (SSSR count). The number of aliphatic hydroxyl groups is 1. The van der Waals surface area contributed by atoms with E-state index in [0.29, 0.717) is 5.52 Å². The number of hydrogen-bond acceptors (Lipinski definition) is 6. The third kappa shape index (κ3) is 4.71. The number of rotatable bonds is 7. The number of ether oxygens (including phenoxy) is 1. The topological polar surface area (TPSA) is 101 Å². The van der Waals surface area contributed by atoms with Crippen molar-refractivity contribution in [2.45, 2.75) is 0 Å². The van der Waals surface area contributed by atoms with Crippen LogP contribution < -0.4 is 10.1 Å². The number of fused-ring (bicyclic) bond motifs is 1. The summed E-state index contributed by atoms with van der Waals surface area (Å²) in [5, 5.41) is 11.1. The number of benzene rings is 3. The van der Waals surface area contributed by atoms with Crippen molar-refractivity contribution in [3.8, 4) is 5.88 Å². The predicted molar refractivity (Wildman–Crippen MR) is 116 cm³/mol. The van der Waals surface area contributed by atoms with Crippen LogP contribution in [0.15, 0.2) is 60.8 Å². The largest absolute Gasteiger partial charge is 0.474 e. The van der Waals surface area contributed by atoms with Crippen molar-refractivity contribution < 1.29 is 32.6 Å². The van der Waals surface area contributed by atoms with Gasteiger partial charge < -0.3 is 15.2 Å². The van der Waals surface area contributed by atoms with Crippen molar-refractivity contribution in [1.82, 2.24) is 9.97 Å². The van der Waals surface area contributed by atoms with E-state index in [2.05, 4.69) is 15.3 Å². The van der Waals surface area contributed by atoms with Gasteiger partial charge in [-0.25, -0.2) is 23.1 Å². The molecule has 4 aromatic rings. The number of nitrogens with one attached hydrogen (secondary N) is 1. The SMILES string of the molecule is O=C(Nc1ccc(F)c(C(=O)c2ccc3ncc(OCCO)nc3c2)c1F)c1cccc(F)c1. The molecule has 1 heterocycles. The van der Waals surface area contributed by atoms with Gasteiger partial charge in [-0.05, 0) is 48.5 Å². The molecule has 172 valence electrons. The average molecular weight is 467 g/mol. The first kappa shape index (κ1) is 22.9. The molecule has 0 saturated carbocycles. The molecule has 0 fully saturated rings. The number of anilines is 1. The summed E-state index contributed by atoms with van der Waals surface area (Å²) in [6.45, 7) is -0.244. The highest BCUT2D eigenvalue weighted by Gasteiger charge is 2.23. The Labute approximate surface area is 190 Å². The molecule has 1 amide bonds. The highest BCUT2D eigenvalue weighted by atomic mass is 19.1. The minimum absolute atomic E-state index is 0.0106. The number of hydrogen-bond donors (Lipinski definition) is 2. The van der Waals surface area contributed by atoms with Gasteiger partial charge in [0.25, 0.3) is 5.91 Å². The van der Waals surface area contributed by atoms with Gasteiger partial charge in [0.2, 0.25) is 5.88 Å². The molecule has 0 aliphatic heterocycles. The molecule has 0 atom stereocenters. The molecule has 2 N–H and O–H groups in total. The zero-order valence-electron chi connectivity index (χ0n) is 17.4. The molecular formula is C24H16F3N3O4. The van der Waals surface area contributed by atoms with E-state index in [4.69, 9.17) is 9.84 Å². The average Bonchev–Trinajstić information content (AvgIpc) is 2.83. The number of aliphatic hydroxyl groups excluding tert-OH is 1. The molecule has 3 aromatic carbocycles. The lowest BCUT2D eigenvalue weighted by atomic mass is 10.0. The quantitative estimate of drug-likeness (QED) is 0.400. The standard InChI is InChI=1S/C24H16F3N3O4/c25-15-3-1-2-14(10-15)24(33)30-18-7-5-16(26)21(22(18)27)23(32)13-4-6-17-19(11-13)29-20(12-28-17)34-9-8-31/h1-7,10-12,31H,8-9H2,(H,30,33). The fourth-order valence-corrected chi connectivity index (χ4v) is 3.18. The second kappa shape index (κ2) is 9.67. The second-order valence-corrected chi connectivity index (χ2v) is 7.06. The summed E-state index contributed by atoms with van der Waals surface area (Å²) in [4.78, 5) is 33.6. The Balaban J connectivity index is 1.66. The Morgan fingerprint density at radius 1 is 0.971 bits per heavy atom. The van der Waals surface area contributed by atoms with Crippen LogP contribution in [0.5, 0.6) is 5.88 Å². The van der Waals surface area contributed by atoms with Gasteiger partial charge in [-0.15, -0.1) is 0 Å². The van der Waals surface area contributed by atoms with Crippen molar-refractivity contribution in [3.05, 3.63) is 94.9 Å². The van der Waals surface area contributed by atoms with Gasteiger partial charge >= 0.3 is 0 Å². The summed E-state index contributed by atoms with van der Waals surface area (Å²) in [6.07, 6.45) is 1.34. The summed E-state index contributed by atoms with van der Waals surface area (Å²) in [6, 6.07) is 10.6. The summed E-state index contributed by atoms with van der Waals surface area (Å²) in [5.74, 6) is -4.78. The highest BCUT2D eigenvalue weighted by Crippen LogP contribution is 2.26. The Morgan fingerprint density at radius 3 is 2.56 bits per heavy atom. The maximum atomic E-state index is 15.1. The van der Waals surface area contributed by atoms with Gasteiger partial charge in [0.15, 0.2) is 11.6 Å². The van der Waals surface area contributed by atoms with Crippen LogP contribution in [-0.2, 0) is 0 Å². The normalized spacial score (nSPS) is 10.8. The summed E-state index contributed by atoms with van der Waals surface area (Å²) in [5.41, 5.74) is -0.838. The number of aromatic nitrogens is 2. The van der Waals surface area contributed by atoms with E-state index >= 15 is 4.39 Å². The zero-order valence-corrected chi connectivity index (χ0v) is 17.4. The van der Waals surface area contributed by atoms with Crippen molar-refractivity contribution in [2.24, 2.45) is 0 Å². The minimum atomic E-state index is -1.28. The smallest absolute Gasteiger partial charge is 0.255 e. The van der Waals surface area contributed by atoms with Gasteiger partial charge in [-0.1, -0.05) is 6.07 Å². The summed E-state index contributed by atoms with van der Waals surface area (Å²) >= 11 is 0. The molecule has 0 radical (unpaired) electrons. The fourth-order valence-electron chi connectivity index (χ4n) is 3.18. The lowest BCUT2D eigenvalue weighted by molar-refractivity contribution is 0.101. The number of halogens is 3. The fraction of sp³-hybridized carbons (Fsp3) is 0.0833. The number of amides is 1. The summed E-state index contributed by atoms with van der Waals surface area (Å²) in [7, 11) is 0. The molecular weight excluding hydrogens is 451 g/mol. The first-order chi connectivity index (χ1) is 16.4. The number of carbonyl (C=O) groups is 2. The van der Waals surface area contributed by atoms with Crippen molar-refractivity contribution in [1.29, 1.82) is 0 Å². The number of nitrogens with zero attached hydrogens (tertiary/aromatic N) is 2. The molecule has 0 unspecified atom stereocenters. The van der Waals surface area contributed by atoms with E-state index in [1.165, 1.54) is 36.5 Å². The van der Waals surface area contributed by atoms with Gasteiger partial charge in [0.05, 0.1) is 35.1 Å². The minimum Gasteiger partial charge on any atom is -0.474 e. The van der Waals surface area contributed by atoms with Gasteiger partial charge in [-0.2, -0.15) is 0 Å². The van der Waals surface area contributed by atoms with E-state index in [9.17, 15) is 18.4 Å². The van der Waals surface area contributed by atoms with Crippen LogP contribution in [0.3, 0.4) is 0 Å². The van der Waals surface area contributed by atoms with Crippen LogP contribution in [0.1, 0.15) is 26.3 Å². The molecule has 34 heavy (non-hydrogen) atoms. The first-order valence-corrected chi connectivity index (χ1v) is 9.97. The lowest BCUT2D eigenvalue weighted by Crippen LogP contribution is -2.16. The Morgan fingerprint density at radius 2 is 1.79 bits per heavy atom. The van der Waals surface area contributed by atoms with E-state index in [1.807, 2.05) is 0 Å². The molecule has 0 aliphatic rings. The van der Waals surface area contributed by atoms with Crippen LogP contribution in [0, 0.1) is 17.5 Å². The molecule has 1 aromatic heterocycles. The highest BCUT2D eigenvalue weighted by molar-refractivity contribution is 6.12. The third-order valence-corrected chi connectivity index (χ3v) is 4.78. The van der Waals surface area contributed by atoms with Crippen LogP contribution in [0.25, 0.3) is 11.0 Å². The van der Waals surface area contributed by atoms with Gasteiger partial charge in [0.1, 0.15) is 18.2 Å². The third-order valence-electron chi connectivity index (χ3n) is 4.78. The van der Waals surface area contributed by atoms with Crippen LogP contribution in [-0.4, -0.2) is 40.0 Å². The van der Waals surface area contributed by atoms with E-state index in [-0.39, 0.29) is 35.7 Å². The van der Waals surface area contributed by atoms with Crippen molar-refractivity contribution >= 4 is 28.4 Å². The van der Waals surface area contributed by atoms with Crippen LogP contribution in [0.4, 0.5) is 18.9 Å². The molecule has 7 nitrogen and oxygen atoms in total. The monoisotopic (exact) mass is 467 g/mol. The van der Waals surface area contributed by atoms with E-state index < -0.39 is 40.4 Å². The Kier molecular flexibility index (Phi) is 6.51. The number of ketones is 1. The first-order valence-electron chi connectivity index (χ1n) is 9.97. The van der Waals surface area contributed by atoms with E-state index in [1.54, 1.807) is 0 Å². The second-order valence-electron chi connectivity index (χ2n) is 7.06. The van der Waals surface area contributed by atoms with Crippen LogP contribution in [0.2, 0.25) is 0 Å². The maximum Gasteiger partial charge on any atom is 0.255 e. The molecule has 10 heteroatoms.